The van der Waals surface area contributed by atoms with Crippen molar-refractivity contribution in [2.45, 2.75) is 31.9 Å². The molecule has 2 N–H and O–H groups in total. The molecule has 2 amide bonds. The van der Waals surface area contributed by atoms with E-state index in [2.05, 4.69) is 21.8 Å². The number of amides is 2. The van der Waals surface area contributed by atoms with Crippen molar-refractivity contribution in [1.82, 2.24) is 15.1 Å². The van der Waals surface area contributed by atoms with Gasteiger partial charge in [-0.05, 0) is 18.4 Å². The van der Waals surface area contributed by atoms with Crippen LogP contribution >= 0.6 is 0 Å². The van der Waals surface area contributed by atoms with Crippen LogP contribution in [0.25, 0.3) is 0 Å². The molecule has 0 saturated carbocycles. The number of nitrogens with one attached hydrogen (secondary N) is 2. The van der Waals surface area contributed by atoms with Crippen LogP contribution in [0.3, 0.4) is 0 Å². The average Bonchev–Trinajstić information content (AvgIpc) is 3.34. The molecule has 0 bridgehead atoms. The van der Waals surface area contributed by atoms with Crippen LogP contribution in [0.2, 0.25) is 0 Å². The molecule has 7 nitrogen and oxygen atoms in total. The molecule has 25 heavy (non-hydrogen) atoms. The molecule has 7 heteroatoms. The highest BCUT2D eigenvalue weighted by atomic mass is 16.5. The molecule has 2 aliphatic heterocycles. The molecule has 1 fully saturated rings. The highest BCUT2D eigenvalue weighted by Crippen LogP contribution is 2.30. The van der Waals surface area contributed by atoms with Crippen molar-refractivity contribution in [3.8, 4) is 5.75 Å². The summed E-state index contributed by atoms with van der Waals surface area (Å²) in [7, 11) is 1.81. The van der Waals surface area contributed by atoms with Gasteiger partial charge in [0.15, 0.2) is 0 Å². The first-order valence-electron chi connectivity index (χ1n) is 8.64. The van der Waals surface area contributed by atoms with Gasteiger partial charge >= 0.3 is 6.03 Å². The number of carbonyl (C=O) groups is 1. The van der Waals surface area contributed by atoms with Crippen LogP contribution < -0.4 is 15.4 Å². The SMILES string of the molecule is Cn1nc(C2CCCO2)cc1NC(=O)NCc1cccc2c1OCC2. The lowest BCUT2D eigenvalue weighted by Crippen LogP contribution is -2.29. The zero-order valence-electron chi connectivity index (χ0n) is 14.2. The van der Waals surface area contributed by atoms with E-state index in [4.69, 9.17) is 9.47 Å². The van der Waals surface area contributed by atoms with E-state index < -0.39 is 0 Å². The number of fused-ring (bicyclic) bond motifs is 1. The predicted molar refractivity (Wildman–Crippen MR) is 92.6 cm³/mol. The van der Waals surface area contributed by atoms with Crippen LogP contribution in [-0.4, -0.2) is 29.0 Å². The van der Waals surface area contributed by atoms with E-state index in [-0.39, 0.29) is 12.1 Å². The molecular formula is C18H22N4O3. The van der Waals surface area contributed by atoms with Crippen molar-refractivity contribution in [3.63, 3.8) is 0 Å². The van der Waals surface area contributed by atoms with Gasteiger partial charge in [0.1, 0.15) is 17.7 Å². The summed E-state index contributed by atoms with van der Waals surface area (Å²) in [5.41, 5.74) is 3.06. The van der Waals surface area contributed by atoms with Crippen LogP contribution in [0.1, 0.15) is 35.8 Å². The maximum Gasteiger partial charge on any atom is 0.320 e. The fourth-order valence-electron chi connectivity index (χ4n) is 3.33. The molecule has 132 valence electrons. The number of urea groups is 1. The topological polar surface area (TPSA) is 77.4 Å². The zero-order valence-corrected chi connectivity index (χ0v) is 14.2. The Kier molecular flexibility index (Phi) is 4.31. The molecule has 1 unspecified atom stereocenters. The number of rotatable bonds is 4. The van der Waals surface area contributed by atoms with Crippen molar-refractivity contribution >= 4 is 11.8 Å². The van der Waals surface area contributed by atoms with Gasteiger partial charge in [0.25, 0.3) is 0 Å². The summed E-state index contributed by atoms with van der Waals surface area (Å²) in [6, 6.07) is 7.65. The summed E-state index contributed by atoms with van der Waals surface area (Å²) in [6.45, 7) is 1.90. The van der Waals surface area contributed by atoms with E-state index >= 15 is 0 Å². The minimum Gasteiger partial charge on any atom is -0.493 e. The molecule has 0 aliphatic carbocycles. The summed E-state index contributed by atoms with van der Waals surface area (Å²) < 4.78 is 13.0. The van der Waals surface area contributed by atoms with Gasteiger partial charge in [-0.15, -0.1) is 0 Å². The second kappa shape index (κ2) is 6.76. The van der Waals surface area contributed by atoms with Crippen molar-refractivity contribution in [3.05, 3.63) is 41.1 Å². The summed E-state index contributed by atoms with van der Waals surface area (Å²) in [5.74, 6) is 1.56. The third-order valence-corrected chi connectivity index (χ3v) is 4.64. The molecule has 0 spiro atoms. The Bertz CT molecular complexity index is 781. The molecular weight excluding hydrogens is 320 g/mol. The van der Waals surface area contributed by atoms with Crippen molar-refractivity contribution in [2.24, 2.45) is 7.05 Å². The average molecular weight is 342 g/mol. The smallest absolute Gasteiger partial charge is 0.320 e. The standard InChI is InChI=1S/C18H22N4O3/c1-22-16(10-14(21-22)15-6-3-8-24-15)20-18(23)19-11-13-5-2-4-12-7-9-25-17(12)13/h2,4-5,10,15H,3,6-9,11H2,1H3,(H2,19,20,23). The third-order valence-electron chi connectivity index (χ3n) is 4.64. The number of aromatic nitrogens is 2. The van der Waals surface area contributed by atoms with E-state index in [0.717, 1.165) is 42.9 Å². The molecule has 1 aromatic carbocycles. The lowest BCUT2D eigenvalue weighted by Gasteiger charge is -2.10. The van der Waals surface area contributed by atoms with E-state index in [0.29, 0.717) is 19.0 Å². The van der Waals surface area contributed by atoms with E-state index in [1.807, 2.05) is 25.2 Å². The first-order valence-corrected chi connectivity index (χ1v) is 8.64. The first kappa shape index (κ1) is 16.0. The van der Waals surface area contributed by atoms with Gasteiger partial charge < -0.3 is 14.8 Å². The maximum absolute atomic E-state index is 12.2. The molecule has 2 aromatic rings. The molecule has 1 aromatic heterocycles. The Hall–Kier alpha value is -2.54. The van der Waals surface area contributed by atoms with Gasteiger partial charge in [-0.3, -0.25) is 10.00 Å². The highest BCUT2D eigenvalue weighted by molar-refractivity contribution is 5.88. The number of benzene rings is 1. The van der Waals surface area contributed by atoms with Crippen molar-refractivity contribution in [1.29, 1.82) is 0 Å². The molecule has 1 atom stereocenters. The second-order valence-electron chi connectivity index (χ2n) is 6.39. The van der Waals surface area contributed by atoms with Crippen LogP contribution in [-0.2, 0) is 24.8 Å². The largest absolute Gasteiger partial charge is 0.493 e. The fraction of sp³-hybridized carbons (Fsp3) is 0.444. The van der Waals surface area contributed by atoms with Crippen LogP contribution in [0.5, 0.6) is 5.75 Å². The minimum atomic E-state index is -0.266. The maximum atomic E-state index is 12.2. The quantitative estimate of drug-likeness (QED) is 0.895. The lowest BCUT2D eigenvalue weighted by atomic mass is 10.1. The lowest BCUT2D eigenvalue weighted by molar-refractivity contribution is 0.108. The number of hydrogen-bond donors (Lipinski definition) is 2. The molecule has 2 aliphatic rings. The summed E-state index contributed by atoms with van der Waals surface area (Å²) >= 11 is 0. The Labute approximate surface area is 146 Å². The van der Waals surface area contributed by atoms with Crippen molar-refractivity contribution in [2.75, 3.05) is 18.5 Å². The van der Waals surface area contributed by atoms with E-state index in [9.17, 15) is 4.79 Å². The molecule has 4 rings (SSSR count). The van der Waals surface area contributed by atoms with Gasteiger partial charge in [-0.1, -0.05) is 18.2 Å². The number of nitrogens with zero attached hydrogens (tertiary/aromatic N) is 2. The third kappa shape index (κ3) is 3.32. The van der Waals surface area contributed by atoms with Gasteiger partial charge in [0.05, 0.1) is 12.3 Å². The highest BCUT2D eigenvalue weighted by Gasteiger charge is 2.22. The first-order chi connectivity index (χ1) is 12.2. The van der Waals surface area contributed by atoms with Gasteiger partial charge in [-0.25, -0.2) is 4.79 Å². The summed E-state index contributed by atoms with van der Waals surface area (Å²) in [4.78, 5) is 12.2. The van der Waals surface area contributed by atoms with Crippen LogP contribution in [0.15, 0.2) is 24.3 Å². The Morgan fingerprint density at radius 1 is 1.40 bits per heavy atom. The number of carbonyl (C=O) groups excluding carboxylic acids is 1. The fourth-order valence-corrected chi connectivity index (χ4v) is 3.33. The van der Waals surface area contributed by atoms with E-state index in [1.165, 1.54) is 5.56 Å². The Morgan fingerprint density at radius 2 is 2.32 bits per heavy atom. The molecule has 1 saturated heterocycles. The van der Waals surface area contributed by atoms with Crippen LogP contribution in [0, 0.1) is 0 Å². The predicted octanol–water partition coefficient (Wildman–Crippen LogP) is 2.53. The van der Waals surface area contributed by atoms with Crippen molar-refractivity contribution < 1.29 is 14.3 Å². The zero-order chi connectivity index (χ0) is 17.2. The minimum absolute atomic E-state index is 0.0360. The number of para-hydroxylation sites is 1. The number of anilines is 1. The summed E-state index contributed by atoms with van der Waals surface area (Å²) in [6.07, 6.45) is 2.99. The van der Waals surface area contributed by atoms with Gasteiger partial charge in [0, 0.05) is 38.2 Å². The van der Waals surface area contributed by atoms with E-state index in [1.54, 1.807) is 4.68 Å². The molecule has 3 heterocycles. The number of aryl methyl sites for hydroxylation is 1. The summed E-state index contributed by atoms with van der Waals surface area (Å²) in [5, 5.41) is 10.2. The Morgan fingerprint density at radius 3 is 3.16 bits per heavy atom. The second-order valence-corrected chi connectivity index (χ2v) is 6.39. The van der Waals surface area contributed by atoms with Gasteiger partial charge in [0.2, 0.25) is 0 Å². The molecule has 0 radical (unpaired) electrons. The number of ether oxygens (including phenoxy) is 2. The van der Waals surface area contributed by atoms with Crippen LogP contribution in [0.4, 0.5) is 10.6 Å². The Balaban J connectivity index is 1.37. The normalized spacial score (nSPS) is 18.7. The van der Waals surface area contributed by atoms with Gasteiger partial charge in [-0.2, -0.15) is 5.10 Å². The monoisotopic (exact) mass is 342 g/mol. The number of hydrogen-bond acceptors (Lipinski definition) is 4.